The van der Waals surface area contributed by atoms with Crippen LogP contribution in [0.3, 0.4) is 0 Å². The summed E-state index contributed by atoms with van der Waals surface area (Å²) in [6, 6.07) is 9.68. The molecule has 4 heteroatoms. The fraction of sp³-hybridized carbons (Fsp3) is 0.579. The van der Waals surface area contributed by atoms with E-state index in [9.17, 15) is 9.59 Å². The quantitative estimate of drug-likeness (QED) is 0.849. The number of benzene rings is 1. The Morgan fingerprint density at radius 3 is 2.48 bits per heavy atom. The van der Waals surface area contributed by atoms with Crippen LogP contribution in [-0.2, 0) is 19.7 Å². The maximum atomic E-state index is 12.3. The molecule has 1 aromatic rings. The molecule has 0 aromatic heterocycles. The molecule has 23 heavy (non-hydrogen) atoms. The zero-order valence-corrected chi connectivity index (χ0v) is 14.3. The van der Waals surface area contributed by atoms with E-state index in [1.807, 2.05) is 44.2 Å². The first-order valence-electron chi connectivity index (χ1n) is 8.43. The number of carbonyl (C=O) groups is 2. The minimum atomic E-state index is -0.764. The second kappa shape index (κ2) is 7.62. The van der Waals surface area contributed by atoms with E-state index in [-0.39, 0.29) is 24.5 Å². The maximum Gasteiger partial charge on any atom is 0.316 e. The second-order valence-corrected chi connectivity index (χ2v) is 7.00. The number of hydrogen-bond acceptors (Lipinski definition) is 3. The van der Waals surface area contributed by atoms with Crippen LogP contribution >= 0.6 is 0 Å². The fourth-order valence-corrected chi connectivity index (χ4v) is 3.06. The fourth-order valence-electron chi connectivity index (χ4n) is 3.06. The van der Waals surface area contributed by atoms with Crippen molar-refractivity contribution in [1.29, 1.82) is 0 Å². The Balaban J connectivity index is 1.85. The summed E-state index contributed by atoms with van der Waals surface area (Å²) in [5.41, 5.74) is 0.117. The third kappa shape index (κ3) is 4.57. The third-order valence-corrected chi connectivity index (χ3v) is 4.80. The minimum absolute atomic E-state index is 0.206. The van der Waals surface area contributed by atoms with E-state index >= 15 is 0 Å². The molecule has 1 amide bonds. The lowest BCUT2D eigenvalue weighted by Crippen LogP contribution is -2.43. The molecule has 4 nitrogen and oxygen atoms in total. The molecule has 0 bridgehead atoms. The number of amides is 1. The molecule has 0 spiro atoms. The van der Waals surface area contributed by atoms with Gasteiger partial charge in [-0.1, -0.05) is 50.1 Å². The van der Waals surface area contributed by atoms with Crippen molar-refractivity contribution in [2.24, 2.45) is 5.92 Å². The average Bonchev–Trinajstić information content (AvgIpc) is 2.55. The molecule has 1 N–H and O–H groups in total. The van der Waals surface area contributed by atoms with E-state index in [1.165, 1.54) is 6.42 Å². The average molecular weight is 317 g/mol. The normalized spacial score (nSPS) is 21.5. The van der Waals surface area contributed by atoms with Gasteiger partial charge in [0.05, 0.1) is 5.41 Å². The van der Waals surface area contributed by atoms with Crippen LogP contribution in [0, 0.1) is 5.92 Å². The predicted molar refractivity (Wildman–Crippen MR) is 90.0 cm³/mol. The number of ether oxygens (including phenoxy) is 1. The molecule has 0 aliphatic heterocycles. The lowest BCUT2D eigenvalue weighted by molar-refractivity contribution is -0.153. The van der Waals surface area contributed by atoms with Crippen molar-refractivity contribution in [2.45, 2.75) is 57.9 Å². The molecule has 1 fully saturated rings. The van der Waals surface area contributed by atoms with Gasteiger partial charge in [0.25, 0.3) is 5.91 Å². The number of esters is 1. The van der Waals surface area contributed by atoms with Gasteiger partial charge in [0, 0.05) is 6.04 Å². The van der Waals surface area contributed by atoms with Crippen molar-refractivity contribution in [1.82, 2.24) is 5.32 Å². The summed E-state index contributed by atoms with van der Waals surface area (Å²) in [5.74, 6) is -0.0966. The van der Waals surface area contributed by atoms with Crippen molar-refractivity contribution in [3.8, 4) is 0 Å². The first kappa shape index (κ1) is 17.5. The maximum absolute atomic E-state index is 12.3. The Hall–Kier alpha value is -1.84. The van der Waals surface area contributed by atoms with E-state index in [1.54, 1.807) is 0 Å². The summed E-state index contributed by atoms with van der Waals surface area (Å²) >= 11 is 0. The standard InChI is InChI=1S/C19H27NO3/c1-14-9-7-8-12-16(14)20-17(21)13-23-18(22)19(2,3)15-10-5-4-6-11-15/h4-6,10-11,14,16H,7-9,12-13H2,1-3H3,(H,20,21)/t14-,16+/m0/s1. The van der Waals surface area contributed by atoms with Gasteiger partial charge in [-0.2, -0.15) is 0 Å². The topological polar surface area (TPSA) is 55.4 Å². The Labute approximate surface area is 138 Å². The van der Waals surface area contributed by atoms with Crippen LogP contribution in [0.5, 0.6) is 0 Å². The molecule has 2 rings (SSSR count). The first-order valence-corrected chi connectivity index (χ1v) is 8.43. The number of hydrogen-bond donors (Lipinski definition) is 1. The van der Waals surface area contributed by atoms with Crippen LogP contribution in [-0.4, -0.2) is 24.5 Å². The van der Waals surface area contributed by atoms with Gasteiger partial charge in [-0.25, -0.2) is 0 Å². The van der Waals surface area contributed by atoms with Gasteiger partial charge in [-0.15, -0.1) is 0 Å². The molecule has 1 aliphatic rings. The Morgan fingerprint density at radius 2 is 1.83 bits per heavy atom. The molecule has 0 heterocycles. The summed E-state index contributed by atoms with van der Waals surface area (Å²) in [6.45, 7) is 5.57. The molecule has 2 atom stereocenters. The van der Waals surface area contributed by atoms with Crippen molar-refractivity contribution in [3.05, 3.63) is 35.9 Å². The summed E-state index contributed by atoms with van der Waals surface area (Å²) in [7, 11) is 0. The van der Waals surface area contributed by atoms with Crippen molar-refractivity contribution >= 4 is 11.9 Å². The van der Waals surface area contributed by atoms with Gasteiger partial charge in [0.15, 0.2) is 6.61 Å². The Kier molecular flexibility index (Phi) is 5.80. The number of rotatable bonds is 5. The molecule has 0 saturated heterocycles. The van der Waals surface area contributed by atoms with Crippen LogP contribution in [0.25, 0.3) is 0 Å². The summed E-state index contributed by atoms with van der Waals surface area (Å²) in [5, 5.41) is 3.00. The number of carbonyl (C=O) groups excluding carboxylic acids is 2. The van der Waals surface area contributed by atoms with Gasteiger partial charge in [-0.3, -0.25) is 9.59 Å². The molecule has 126 valence electrons. The summed E-state index contributed by atoms with van der Waals surface area (Å²) in [4.78, 5) is 24.4. The Bertz CT molecular complexity index is 539. The minimum Gasteiger partial charge on any atom is -0.455 e. The predicted octanol–water partition coefficient (Wildman–Crippen LogP) is 3.20. The van der Waals surface area contributed by atoms with Gasteiger partial charge < -0.3 is 10.1 Å². The molecule has 1 aromatic carbocycles. The smallest absolute Gasteiger partial charge is 0.316 e. The Morgan fingerprint density at radius 1 is 1.17 bits per heavy atom. The van der Waals surface area contributed by atoms with Crippen LogP contribution in [0.1, 0.15) is 52.0 Å². The molecule has 1 aliphatic carbocycles. The third-order valence-electron chi connectivity index (χ3n) is 4.80. The molecule has 0 radical (unpaired) electrons. The van der Waals surface area contributed by atoms with E-state index < -0.39 is 5.41 Å². The van der Waals surface area contributed by atoms with Crippen molar-refractivity contribution in [3.63, 3.8) is 0 Å². The highest BCUT2D eigenvalue weighted by Gasteiger charge is 2.32. The number of nitrogens with one attached hydrogen (secondary N) is 1. The lowest BCUT2D eigenvalue weighted by atomic mass is 9.85. The zero-order chi connectivity index (χ0) is 16.9. The van der Waals surface area contributed by atoms with Crippen LogP contribution in [0.4, 0.5) is 0 Å². The van der Waals surface area contributed by atoms with Crippen molar-refractivity contribution < 1.29 is 14.3 Å². The molecule has 1 saturated carbocycles. The van der Waals surface area contributed by atoms with E-state index in [2.05, 4.69) is 12.2 Å². The zero-order valence-electron chi connectivity index (χ0n) is 14.3. The lowest BCUT2D eigenvalue weighted by Gasteiger charge is -2.29. The molecular weight excluding hydrogens is 290 g/mol. The molecular formula is C19H27NO3. The largest absolute Gasteiger partial charge is 0.455 e. The highest BCUT2D eigenvalue weighted by atomic mass is 16.5. The highest BCUT2D eigenvalue weighted by Crippen LogP contribution is 2.25. The van der Waals surface area contributed by atoms with Gasteiger partial charge in [-0.05, 0) is 38.2 Å². The summed E-state index contributed by atoms with van der Waals surface area (Å²) in [6.07, 6.45) is 4.53. The van der Waals surface area contributed by atoms with Crippen LogP contribution in [0.2, 0.25) is 0 Å². The van der Waals surface area contributed by atoms with Gasteiger partial charge in [0.1, 0.15) is 0 Å². The van der Waals surface area contributed by atoms with Crippen LogP contribution in [0.15, 0.2) is 30.3 Å². The van der Waals surface area contributed by atoms with Gasteiger partial charge in [0.2, 0.25) is 0 Å². The SMILES string of the molecule is C[C@H]1CCCC[C@H]1NC(=O)COC(=O)C(C)(C)c1ccccc1. The van der Waals surface area contributed by atoms with E-state index in [4.69, 9.17) is 4.74 Å². The van der Waals surface area contributed by atoms with E-state index in [0.29, 0.717) is 5.92 Å². The van der Waals surface area contributed by atoms with Crippen LogP contribution < -0.4 is 5.32 Å². The second-order valence-electron chi connectivity index (χ2n) is 7.00. The highest BCUT2D eigenvalue weighted by molar-refractivity contribution is 5.85. The van der Waals surface area contributed by atoms with Gasteiger partial charge >= 0.3 is 5.97 Å². The summed E-state index contributed by atoms with van der Waals surface area (Å²) < 4.78 is 5.25. The monoisotopic (exact) mass is 317 g/mol. The first-order chi connectivity index (χ1) is 10.9. The van der Waals surface area contributed by atoms with E-state index in [0.717, 1.165) is 24.8 Å². The molecule has 0 unspecified atom stereocenters. The van der Waals surface area contributed by atoms with Crippen molar-refractivity contribution in [2.75, 3.05) is 6.61 Å².